The van der Waals surface area contributed by atoms with Crippen LogP contribution in [0.15, 0.2) is 17.0 Å². The summed E-state index contributed by atoms with van der Waals surface area (Å²) in [5.74, 6) is -0.339. The van der Waals surface area contributed by atoms with E-state index in [9.17, 15) is 13.2 Å². The van der Waals surface area contributed by atoms with Gasteiger partial charge in [0.2, 0.25) is 15.9 Å². The molecule has 6 heteroatoms. The minimum Gasteiger partial charge on any atom is -0.358 e. The molecule has 19 heavy (non-hydrogen) atoms. The molecule has 1 amide bonds. The number of benzene rings is 1. The van der Waals surface area contributed by atoms with Gasteiger partial charge in [-0.3, -0.25) is 4.79 Å². The van der Waals surface area contributed by atoms with Gasteiger partial charge in [0.25, 0.3) is 0 Å². The van der Waals surface area contributed by atoms with Crippen LogP contribution >= 0.6 is 0 Å². The Morgan fingerprint density at radius 1 is 1.21 bits per heavy atom. The lowest BCUT2D eigenvalue weighted by atomic mass is 10.1. The standard InChI is InChI=1S/C13H20N2O3S/c1-9-6-10(2)13(11(3)7-9)19(17,18)15(5)8-12(16)14-4/h6-7H,8H2,1-5H3,(H,14,16). The first-order valence-electron chi connectivity index (χ1n) is 5.95. The van der Waals surface area contributed by atoms with Crippen LogP contribution in [-0.4, -0.2) is 39.3 Å². The topological polar surface area (TPSA) is 66.5 Å². The Kier molecular flexibility index (Phi) is 4.70. The summed E-state index contributed by atoms with van der Waals surface area (Å²) in [7, 11) is -0.766. The van der Waals surface area contributed by atoms with Gasteiger partial charge in [0.05, 0.1) is 11.4 Å². The van der Waals surface area contributed by atoms with Crippen molar-refractivity contribution in [1.82, 2.24) is 9.62 Å². The maximum Gasteiger partial charge on any atom is 0.243 e. The number of carbonyl (C=O) groups is 1. The number of carbonyl (C=O) groups excluding carboxylic acids is 1. The monoisotopic (exact) mass is 284 g/mol. The predicted molar refractivity (Wildman–Crippen MR) is 74.5 cm³/mol. The third-order valence-electron chi connectivity index (χ3n) is 2.92. The summed E-state index contributed by atoms with van der Waals surface area (Å²) >= 11 is 0. The van der Waals surface area contributed by atoms with Crippen molar-refractivity contribution < 1.29 is 13.2 Å². The molecule has 0 aliphatic rings. The summed E-state index contributed by atoms with van der Waals surface area (Å²) in [6.45, 7) is 5.26. The highest BCUT2D eigenvalue weighted by Gasteiger charge is 2.26. The van der Waals surface area contributed by atoms with Crippen molar-refractivity contribution in [3.05, 3.63) is 28.8 Å². The van der Waals surface area contributed by atoms with Gasteiger partial charge >= 0.3 is 0 Å². The molecule has 0 aliphatic carbocycles. The van der Waals surface area contributed by atoms with E-state index in [2.05, 4.69) is 5.32 Å². The molecule has 0 unspecified atom stereocenters. The molecule has 106 valence electrons. The lowest BCUT2D eigenvalue weighted by molar-refractivity contribution is -0.120. The van der Waals surface area contributed by atoms with Crippen molar-refractivity contribution in [2.45, 2.75) is 25.7 Å². The van der Waals surface area contributed by atoms with Crippen molar-refractivity contribution in [3.63, 3.8) is 0 Å². The highest BCUT2D eigenvalue weighted by atomic mass is 32.2. The summed E-state index contributed by atoms with van der Waals surface area (Å²) in [4.78, 5) is 11.6. The molecule has 0 bridgehead atoms. The van der Waals surface area contributed by atoms with Crippen LogP contribution in [-0.2, 0) is 14.8 Å². The van der Waals surface area contributed by atoms with Crippen LogP contribution in [0.3, 0.4) is 0 Å². The van der Waals surface area contributed by atoms with Crippen LogP contribution in [0.4, 0.5) is 0 Å². The van der Waals surface area contributed by atoms with E-state index in [1.54, 1.807) is 13.8 Å². The Morgan fingerprint density at radius 2 is 1.68 bits per heavy atom. The molecule has 0 saturated carbocycles. The van der Waals surface area contributed by atoms with Gasteiger partial charge in [-0.2, -0.15) is 4.31 Å². The van der Waals surface area contributed by atoms with Gasteiger partial charge in [-0.05, 0) is 31.9 Å². The molecule has 0 spiro atoms. The first kappa shape index (κ1) is 15.7. The predicted octanol–water partition coefficient (Wildman–Crippen LogP) is 0.978. The molecular formula is C13H20N2O3S. The summed E-state index contributed by atoms with van der Waals surface area (Å²) < 4.78 is 26.0. The zero-order valence-corrected chi connectivity index (χ0v) is 12.8. The minimum absolute atomic E-state index is 0.189. The summed E-state index contributed by atoms with van der Waals surface area (Å²) in [5.41, 5.74) is 2.41. The van der Waals surface area contributed by atoms with Crippen LogP contribution in [0.1, 0.15) is 16.7 Å². The van der Waals surface area contributed by atoms with Gasteiger partial charge in [-0.1, -0.05) is 17.7 Å². The van der Waals surface area contributed by atoms with Crippen molar-refractivity contribution in [2.75, 3.05) is 20.6 Å². The van der Waals surface area contributed by atoms with Gasteiger partial charge in [-0.25, -0.2) is 8.42 Å². The second-order valence-electron chi connectivity index (χ2n) is 4.66. The first-order valence-corrected chi connectivity index (χ1v) is 7.39. The number of aryl methyl sites for hydroxylation is 3. The SMILES string of the molecule is CNC(=O)CN(C)S(=O)(=O)c1c(C)cc(C)cc1C. The second kappa shape index (κ2) is 5.71. The fraction of sp³-hybridized carbons (Fsp3) is 0.462. The lowest BCUT2D eigenvalue weighted by Gasteiger charge is -2.19. The molecule has 0 aliphatic heterocycles. The fourth-order valence-electron chi connectivity index (χ4n) is 2.10. The Bertz CT molecular complexity index is 571. The highest BCUT2D eigenvalue weighted by Crippen LogP contribution is 2.24. The minimum atomic E-state index is -3.65. The van der Waals surface area contributed by atoms with Crippen LogP contribution in [0.25, 0.3) is 0 Å². The molecule has 1 N–H and O–H groups in total. The van der Waals surface area contributed by atoms with Gasteiger partial charge in [0.1, 0.15) is 0 Å². The average Bonchev–Trinajstić information content (AvgIpc) is 2.26. The lowest BCUT2D eigenvalue weighted by Crippen LogP contribution is -2.37. The number of rotatable bonds is 4. The Hall–Kier alpha value is -1.40. The third-order valence-corrected chi connectivity index (χ3v) is 5.03. The van der Waals surface area contributed by atoms with E-state index >= 15 is 0 Å². The largest absolute Gasteiger partial charge is 0.358 e. The number of amides is 1. The van der Waals surface area contributed by atoms with Crippen molar-refractivity contribution in [1.29, 1.82) is 0 Å². The summed E-state index contributed by atoms with van der Waals surface area (Å²) in [5, 5.41) is 2.41. The Labute approximate surface area is 114 Å². The number of hydrogen-bond donors (Lipinski definition) is 1. The van der Waals surface area contributed by atoms with E-state index in [0.29, 0.717) is 11.1 Å². The smallest absolute Gasteiger partial charge is 0.243 e. The van der Waals surface area contributed by atoms with Gasteiger partial charge < -0.3 is 5.32 Å². The van der Waals surface area contributed by atoms with E-state index in [1.807, 2.05) is 19.1 Å². The Morgan fingerprint density at radius 3 is 2.11 bits per heavy atom. The first-order chi connectivity index (χ1) is 8.70. The number of nitrogens with zero attached hydrogens (tertiary/aromatic N) is 1. The van der Waals surface area contributed by atoms with E-state index in [1.165, 1.54) is 14.1 Å². The molecule has 0 aromatic heterocycles. The molecule has 1 rings (SSSR count). The quantitative estimate of drug-likeness (QED) is 0.896. The third kappa shape index (κ3) is 3.33. The Balaban J connectivity index is 3.24. The molecule has 0 fully saturated rings. The zero-order chi connectivity index (χ0) is 14.8. The van der Waals surface area contributed by atoms with Crippen molar-refractivity contribution >= 4 is 15.9 Å². The summed E-state index contributed by atoms with van der Waals surface area (Å²) in [6.07, 6.45) is 0. The van der Waals surface area contributed by atoms with Crippen molar-refractivity contribution in [3.8, 4) is 0 Å². The molecule has 0 atom stereocenters. The second-order valence-corrected chi connectivity index (χ2v) is 6.64. The number of hydrogen-bond acceptors (Lipinski definition) is 3. The zero-order valence-electron chi connectivity index (χ0n) is 11.9. The summed E-state index contributed by atoms with van der Waals surface area (Å²) in [6, 6.07) is 3.65. The molecule has 0 radical (unpaired) electrons. The van der Waals surface area contributed by atoms with Crippen LogP contribution in [0.2, 0.25) is 0 Å². The van der Waals surface area contributed by atoms with Gasteiger partial charge in [-0.15, -0.1) is 0 Å². The average molecular weight is 284 g/mol. The van der Waals surface area contributed by atoms with Crippen molar-refractivity contribution in [2.24, 2.45) is 0 Å². The van der Waals surface area contributed by atoms with E-state index in [0.717, 1.165) is 9.87 Å². The normalized spacial score (nSPS) is 11.7. The van der Waals surface area contributed by atoms with Crippen LogP contribution in [0.5, 0.6) is 0 Å². The molecular weight excluding hydrogens is 264 g/mol. The van der Waals surface area contributed by atoms with E-state index in [4.69, 9.17) is 0 Å². The molecule has 1 aromatic rings. The number of sulfonamides is 1. The molecule has 0 saturated heterocycles. The van der Waals surface area contributed by atoms with Crippen LogP contribution in [0, 0.1) is 20.8 Å². The number of likely N-dealkylation sites (N-methyl/N-ethyl adjacent to an activating group) is 2. The maximum atomic E-state index is 12.5. The maximum absolute atomic E-state index is 12.5. The molecule has 0 heterocycles. The fourth-order valence-corrected chi connectivity index (χ4v) is 3.63. The van der Waals surface area contributed by atoms with Crippen LogP contribution < -0.4 is 5.32 Å². The number of nitrogens with one attached hydrogen (secondary N) is 1. The molecule has 1 aromatic carbocycles. The molecule has 5 nitrogen and oxygen atoms in total. The highest BCUT2D eigenvalue weighted by molar-refractivity contribution is 7.89. The van der Waals surface area contributed by atoms with E-state index < -0.39 is 10.0 Å². The van der Waals surface area contributed by atoms with Gasteiger partial charge in [0.15, 0.2) is 0 Å². The van der Waals surface area contributed by atoms with E-state index in [-0.39, 0.29) is 17.3 Å². The van der Waals surface area contributed by atoms with Gasteiger partial charge in [0, 0.05) is 14.1 Å².